The van der Waals surface area contributed by atoms with Crippen LogP contribution in [0.1, 0.15) is 12.5 Å². The van der Waals surface area contributed by atoms with Crippen molar-refractivity contribution in [2.24, 2.45) is 0 Å². The predicted octanol–water partition coefficient (Wildman–Crippen LogP) is 0.695. The van der Waals surface area contributed by atoms with Crippen LogP contribution in [0.2, 0.25) is 0 Å². The Bertz CT molecular complexity index is 618. The van der Waals surface area contributed by atoms with E-state index in [1.807, 2.05) is 12.1 Å². The minimum atomic E-state index is -0.854. The average molecular weight is 336 g/mol. The summed E-state index contributed by atoms with van der Waals surface area (Å²) in [6, 6.07) is 6.40. The van der Waals surface area contributed by atoms with Crippen molar-refractivity contribution < 1.29 is 28.6 Å². The van der Waals surface area contributed by atoms with Crippen molar-refractivity contribution >= 4 is 18.0 Å². The van der Waals surface area contributed by atoms with E-state index in [0.717, 1.165) is 10.5 Å². The summed E-state index contributed by atoms with van der Waals surface area (Å²) in [5.74, 6) is -0.292. The van der Waals surface area contributed by atoms with Crippen LogP contribution >= 0.6 is 0 Å². The van der Waals surface area contributed by atoms with Crippen LogP contribution in [0.5, 0.6) is 5.75 Å². The summed E-state index contributed by atoms with van der Waals surface area (Å²) in [5.41, 5.74) is 0.852. The van der Waals surface area contributed by atoms with E-state index in [-0.39, 0.29) is 26.3 Å². The lowest BCUT2D eigenvalue weighted by molar-refractivity contribution is -0.144. The Kier molecular flexibility index (Phi) is 6.00. The molecule has 0 radical (unpaired) electrons. The smallest absolute Gasteiger partial charge is 0.411 e. The van der Waals surface area contributed by atoms with E-state index in [1.54, 1.807) is 26.2 Å². The molecule has 0 saturated carbocycles. The molecule has 0 aromatic heterocycles. The van der Waals surface area contributed by atoms with Gasteiger partial charge in [-0.2, -0.15) is 0 Å². The third-order valence-electron chi connectivity index (χ3n) is 3.48. The Morgan fingerprint density at radius 1 is 1.42 bits per heavy atom. The molecule has 0 unspecified atom stereocenters. The number of nitrogens with one attached hydrogen (secondary N) is 1. The number of esters is 1. The number of carbonyl (C=O) groups excluding carboxylic acids is 3. The van der Waals surface area contributed by atoms with Gasteiger partial charge in [-0.25, -0.2) is 4.79 Å². The average Bonchev–Trinajstić information content (AvgIpc) is 2.94. The fourth-order valence-electron chi connectivity index (χ4n) is 2.28. The van der Waals surface area contributed by atoms with Gasteiger partial charge in [-0.05, 0) is 24.6 Å². The summed E-state index contributed by atoms with van der Waals surface area (Å²) in [6.07, 6.45) is -0.704. The number of benzene rings is 1. The molecule has 24 heavy (non-hydrogen) atoms. The van der Waals surface area contributed by atoms with Crippen LogP contribution in [0.15, 0.2) is 24.3 Å². The molecule has 8 heteroatoms. The first-order valence-electron chi connectivity index (χ1n) is 7.54. The minimum Gasteiger partial charge on any atom is -0.497 e. The zero-order valence-corrected chi connectivity index (χ0v) is 13.6. The number of cyclic esters (lactones) is 1. The highest BCUT2D eigenvalue weighted by Gasteiger charge is 2.39. The van der Waals surface area contributed by atoms with E-state index < -0.39 is 24.0 Å². The maximum Gasteiger partial charge on any atom is 0.411 e. The molecule has 1 fully saturated rings. The largest absolute Gasteiger partial charge is 0.497 e. The van der Waals surface area contributed by atoms with Crippen molar-refractivity contribution in [1.29, 1.82) is 0 Å². The zero-order valence-electron chi connectivity index (χ0n) is 13.6. The van der Waals surface area contributed by atoms with Crippen molar-refractivity contribution in [3.8, 4) is 5.75 Å². The van der Waals surface area contributed by atoms with Gasteiger partial charge in [0, 0.05) is 6.54 Å². The van der Waals surface area contributed by atoms with Gasteiger partial charge >= 0.3 is 12.1 Å². The second-order valence-electron chi connectivity index (χ2n) is 5.09. The quantitative estimate of drug-likeness (QED) is 0.737. The molecule has 1 N–H and O–H groups in total. The van der Waals surface area contributed by atoms with Gasteiger partial charge in [-0.1, -0.05) is 12.1 Å². The fraction of sp³-hybridized carbons (Fsp3) is 0.438. The van der Waals surface area contributed by atoms with Gasteiger partial charge in [0.2, 0.25) is 5.91 Å². The van der Waals surface area contributed by atoms with Crippen molar-refractivity contribution in [2.45, 2.75) is 19.5 Å². The van der Waals surface area contributed by atoms with E-state index in [2.05, 4.69) is 5.32 Å². The lowest BCUT2D eigenvalue weighted by Crippen LogP contribution is -2.47. The zero-order chi connectivity index (χ0) is 17.5. The van der Waals surface area contributed by atoms with Gasteiger partial charge in [0.05, 0.1) is 13.7 Å². The normalized spacial score (nSPS) is 16.5. The van der Waals surface area contributed by atoms with E-state index in [4.69, 9.17) is 14.2 Å². The summed E-state index contributed by atoms with van der Waals surface area (Å²) in [7, 11) is 1.56. The van der Waals surface area contributed by atoms with Gasteiger partial charge < -0.3 is 19.5 Å². The molecule has 1 saturated heterocycles. The van der Waals surface area contributed by atoms with Crippen molar-refractivity contribution in [3.05, 3.63) is 29.8 Å². The maximum absolute atomic E-state index is 12.3. The van der Waals surface area contributed by atoms with Crippen LogP contribution in [-0.4, -0.2) is 55.8 Å². The van der Waals surface area contributed by atoms with E-state index in [1.165, 1.54) is 0 Å². The van der Waals surface area contributed by atoms with Crippen molar-refractivity contribution in [1.82, 2.24) is 10.2 Å². The Labute approximate surface area is 139 Å². The van der Waals surface area contributed by atoms with Gasteiger partial charge in [0.25, 0.3) is 0 Å². The first kappa shape index (κ1) is 17.6. The van der Waals surface area contributed by atoms with E-state index >= 15 is 0 Å². The number of rotatable bonds is 7. The highest BCUT2D eigenvalue weighted by atomic mass is 16.6. The van der Waals surface area contributed by atoms with Gasteiger partial charge in [0.1, 0.15) is 24.9 Å². The molecule has 0 spiro atoms. The summed E-state index contributed by atoms with van der Waals surface area (Å²) in [6.45, 7) is 1.73. The molecule has 130 valence electrons. The molecule has 1 aromatic carbocycles. The molecule has 0 aliphatic carbocycles. The first-order valence-corrected chi connectivity index (χ1v) is 7.54. The summed E-state index contributed by atoms with van der Waals surface area (Å²) < 4.78 is 14.8. The molecule has 1 heterocycles. The molecule has 2 rings (SSSR count). The van der Waals surface area contributed by atoms with E-state index in [9.17, 15) is 14.4 Å². The lowest BCUT2D eigenvalue weighted by Gasteiger charge is -2.19. The predicted molar refractivity (Wildman–Crippen MR) is 83.3 cm³/mol. The van der Waals surface area contributed by atoms with Gasteiger partial charge in [-0.15, -0.1) is 0 Å². The highest BCUT2D eigenvalue weighted by molar-refractivity contribution is 5.90. The number of carbonyl (C=O) groups is 3. The summed E-state index contributed by atoms with van der Waals surface area (Å²) in [5, 5.41) is 2.73. The first-order chi connectivity index (χ1) is 11.5. The second kappa shape index (κ2) is 8.19. The monoisotopic (exact) mass is 336 g/mol. The Morgan fingerprint density at radius 3 is 2.92 bits per heavy atom. The number of ether oxygens (including phenoxy) is 3. The molecule has 1 atom stereocenters. The number of methoxy groups -OCH3 is 1. The molecule has 1 aromatic rings. The highest BCUT2D eigenvalue weighted by Crippen LogP contribution is 2.14. The van der Waals surface area contributed by atoms with Crippen LogP contribution in [-0.2, 0) is 25.6 Å². The van der Waals surface area contributed by atoms with E-state index in [0.29, 0.717) is 5.75 Å². The summed E-state index contributed by atoms with van der Waals surface area (Å²) in [4.78, 5) is 36.6. The van der Waals surface area contributed by atoms with Crippen LogP contribution in [0, 0.1) is 0 Å². The molecule has 0 bridgehead atoms. The van der Waals surface area contributed by atoms with Gasteiger partial charge in [-0.3, -0.25) is 14.5 Å². The van der Waals surface area contributed by atoms with Crippen LogP contribution in [0.4, 0.5) is 4.79 Å². The van der Waals surface area contributed by atoms with Crippen LogP contribution in [0.25, 0.3) is 0 Å². The summed E-state index contributed by atoms with van der Waals surface area (Å²) >= 11 is 0. The van der Waals surface area contributed by atoms with Crippen molar-refractivity contribution in [3.63, 3.8) is 0 Å². The number of amides is 2. The Morgan fingerprint density at radius 2 is 2.21 bits per heavy atom. The SMILES string of the molecule is CCOC(=O)CN1C(=O)OC[C@H]1C(=O)NCc1cccc(OC)c1. The third kappa shape index (κ3) is 4.37. The van der Waals surface area contributed by atoms with Crippen LogP contribution < -0.4 is 10.1 Å². The topological polar surface area (TPSA) is 94.2 Å². The van der Waals surface area contributed by atoms with Gasteiger partial charge in [0.15, 0.2) is 0 Å². The molecule has 2 amide bonds. The number of hydrogen-bond donors (Lipinski definition) is 1. The molecular formula is C16H20N2O6. The molecule has 1 aliphatic rings. The standard InChI is InChI=1S/C16H20N2O6/c1-3-23-14(19)9-18-13(10-24-16(18)21)15(20)17-8-11-5-4-6-12(7-11)22-2/h4-7,13H,3,8-10H2,1-2H3,(H,17,20)/t13-/m0/s1. The molecule has 8 nitrogen and oxygen atoms in total. The second-order valence-corrected chi connectivity index (χ2v) is 5.09. The number of hydrogen-bond acceptors (Lipinski definition) is 6. The fourth-order valence-corrected chi connectivity index (χ4v) is 2.28. The Hall–Kier alpha value is -2.77. The Balaban J connectivity index is 1.94. The van der Waals surface area contributed by atoms with Crippen molar-refractivity contribution in [2.75, 3.05) is 26.9 Å². The molecule has 1 aliphatic heterocycles. The maximum atomic E-state index is 12.3. The minimum absolute atomic E-state index is 0.0951. The lowest BCUT2D eigenvalue weighted by atomic mass is 10.2. The third-order valence-corrected chi connectivity index (χ3v) is 3.48. The molecular weight excluding hydrogens is 316 g/mol. The van der Waals surface area contributed by atoms with Crippen LogP contribution in [0.3, 0.4) is 0 Å². The number of nitrogens with zero attached hydrogens (tertiary/aromatic N) is 1.